The van der Waals surface area contributed by atoms with Crippen LogP contribution in [0.3, 0.4) is 0 Å². The molecule has 0 unspecified atom stereocenters. The number of aromatic hydroxyl groups is 3. The number of phenols is 3. The first-order valence-electron chi connectivity index (χ1n) is 13.2. The molecule has 0 saturated heterocycles. The Morgan fingerprint density at radius 2 is 0.683 bits per heavy atom. The summed E-state index contributed by atoms with van der Waals surface area (Å²) in [7, 11) is 9.38. The van der Waals surface area contributed by atoms with Crippen molar-refractivity contribution in [1.82, 2.24) is 0 Å². The average Bonchev–Trinajstić information content (AvgIpc) is 2.95. The minimum absolute atomic E-state index is 0.0551. The molecule has 0 fully saturated rings. The zero-order chi connectivity index (χ0) is 30.2. The van der Waals surface area contributed by atoms with Crippen molar-refractivity contribution in [2.24, 2.45) is 0 Å². The number of ether oxygens (including phenoxy) is 6. The molecule has 0 spiro atoms. The molecule has 0 aliphatic carbocycles. The van der Waals surface area contributed by atoms with Gasteiger partial charge < -0.3 is 43.7 Å². The molecule has 3 aromatic carbocycles. The molecule has 224 valence electrons. The van der Waals surface area contributed by atoms with Gasteiger partial charge in [0.25, 0.3) is 0 Å². The van der Waals surface area contributed by atoms with Crippen molar-refractivity contribution in [2.45, 2.75) is 52.0 Å². The highest BCUT2D eigenvalue weighted by Gasteiger charge is 2.40. The van der Waals surface area contributed by atoms with Crippen LogP contribution in [0, 0.1) is 0 Å². The molecular formula is C32H42O9. The summed E-state index contributed by atoms with van der Waals surface area (Å²) in [6.45, 7) is 2.94. The Morgan fingerprint density at radius 1 is 0.439 bits per heavy atom. The van der Waals surface area contributed by atoms with Crippen molar-refractivity contribution in [3.05, 3.63) is 86.5 Å². The molecule has 9 nitrogen and oxygen atoms in total. The lowest BCUT2D eigenvalue weighted by Gasteiger charge is -2.38. The Morgan fingerprint density at radius 3 is 0.902 bits per heavy atom. The maximum atomic E-state index is 11.4. The maximum Gasteiger partial charge on any atom is 0.126 e. The van der Waals surface area contributed by atoms with Gasteiger partial charge in [-0.1, -0.05) is 36.4 Å². The first-order valence-corrected chi connectivity index (χ1v) is 13.2. The smallest absolute Gasteiger partial charge is 0.126 e. The van der Waals surface area contributed by atoms with Crippen LogP contribution in [0.5, 0.6) is 17.2 Å². The highest BCUT2D eigenvalue weighted by Crippen LogP contribution is 2.49. The summed E-state index contributed by atoms with van der Waals surface area (Å²) >= 11 is 0. The standard InChI is InChI=1S/C32H42O9/c1-32(26-11-8-20(14-36-2)29(33)23(26)17-39-5,27-12-9-21(15-37-3)30(34)24(27)18-40-6)28-13-10-22(16-38-4)31(35)25(28)19-41-7/h8-13,33-35H,14-19H2,1-7H3. The van der Waals surface area contributed by atoms with Crippen LogP contribution in [0.2, 0.25) is 0 Å². The molecule has 0 radical (unpaired) electrons. The van der Waals surface area contributed by atoms with Crippen LogP contribution in [0.1, 0.15) is 57.0 Å². The number of methoxy groups -OCH3 is 6. The molecule has 0 aromatic heterocycles. The Bertz CT molecular complexity index is 1160. The van der Waals surface area contributed by atoms with Crippen molar-refractivity contribution >= 4 is 0 Å². The highest BCUT2D eigenvalue weighted by molar-refractivity contribution is 5.64. The summed E-state index contributed by atoms with van der Waals surface area (Å²) in [6.07, 6.45) is 0. The molecule has 0 amide bonds. The van der Waals surface area contributed by atoms with Gasteiger partial charge in [-0.2, -0.15) is 0 Å². The van der Waals surface area contributed by atoms with Gasteiger partial charge in [-0.15, -0.1) is 0 Å². The van der Waals surface area contributed by atoms with E-state index in [1.807, 2.05) is 43.3 Å². The minimum atomic E-state index is -1.05. The van der Waals surface area contributed by atoms with Gasteiger partial charge in [0, 0.05) is 81.5 Å². The molecule has 0 saturated carbocycles. The Kier molecular flexibility index (Phi) is 11.5. The summed E-state index contributed by atoms with van der Waals surface area (Å²) < 4.78 is 32.7. The maximum absolute atomic E-state index is 11.4. The third-order valence-electron chi connectivity index (χ3n) is 7.48. The first kappa shape index (κ1) is 32.3. The summed E-state index contributed by atoms with van der Waals surface area (Å²) in [6, 6.07) is 11.2. The molecule has 41 heavy (non-hydrogen) atoms. The fraction of sp³-hybridized carbons (Fsp3) is 0.438. The molecular weight excluding hydrogens is 528 g/mol. The number of benzene rings is 3. The monoisotopic (exact) mass is 570 g/mol. The lowest BCUT2D eigenvalue weighted by atomic mass is 9.66. The Balaban J connectivity index is 2.54. The summed E-state index contributed by atoms with van der Waals surface area (Å²) in [5, 5.41) is 34.3. The van der Waals surface area contributed by atoms with Gasteiger partial charge in [-0.25, -0.2) is 0 Å². The number of phenolic OH excluding ortho intramolecular Hbond substituents is 3. The van der Waals surface area contributed by atoms with E-state index in [0.29, 0.717) is 50.1 Å². The number of hydrogen-bond acceptors (Lipinski definition) is 9. The predicted octanol–water partition coefficient (Wildman–Crippen LogP) is 5.04. The van der Waals surface area contributed by atoms with E-state index in [0.717, 1.165) is 0 Å². The van der Waals surface area contributed by atoms with Crippen LogP contribution in [-0.2, 0) is 73.5 Å². The predicted molar refractivity (Wildman–Crippen MR) is 154 cm³/mol. The second-order valence-corrected chi connectivity index (χ2v) is 10.0. The van der Waals surface area contributed by atoms with Gasteiger partial charge in [0.05, 0.1) is 39.6 Å². The van der Waals surface area contributed by atoms with Crippen LogP contribution >= 0.6 is 0 Å². The highest BCUT2D eigenvalue weighted by atomic mass is 16.5. The molecule has 3 aromatic rings. The summed E-state index contributed by atoms with van der Waals surface area (Å²) in [5.41, 5.74) is 4.57. The lowest BCUT2D eigenvalue weighted by molar-refractivity contribution is 0.171. The quantitative estimate of drug-likeness (QED) is 0.216. The van der Waals surface area contributed by atoms with Gasteiger partial charge in [0.15, 0.2) is 0 Å². The first-order chi connectivity index (χ1) is 19.7. The fourth-order valence-corrected chi connectivity index (χ4v) is 5.58. The minimum Gasteiger partial charge on any atom is -0.507 e. The number of hydrogen-bond donors (Lipinski definition) is 3. The number of rotatable bonds is 15. The second-order valence-electron chi connectivity index (χ2n) is 10.0. The van der Waals surface area contributed by atoms with Crippen molar-refractivity contribution in [1.29, 1.82) is 0 Å². The van der Waals surface area contributed by atoms with E-state index in [1.165, 1.54) is 0 Å². The SMILES string of the molecule is COCc1ccc(C(C)(c2ccc(COC)c(O)c2COC)c2ccc(COC)c(O)c2COC)c(COC)c1O. The van der Waals surface area contributed by atoms with E-state index in [9.17, 15) is 15.3 Å². The Labute approximate surface area is 242 Å². The van der Waals surface area contributed by atoms with Gasteiger partial charge in [0.1, 0.15) is 17.2 Å². The van der Waals surface area contributed by atoms with Gasteiger partial charge in [-0.05, 0) is 23.6 Å². The third kappa shape index (κ3) is 6.35. The largest absolute Gasteiger partial charge is 0.507 e. The molecule has 0 bridgehead atoms. The van der Waals surface area contributed by atoms with E-state index < -0.39 is 5.41 Å². The normalized spacial score (nSPS) is 11.8. The molecule has 0 heterocycles. The lowest BCUT2D eigenvalue weighted by Crippen LogP contribution is -2.31. The van der Waals surface area contributed by atoms with Crippen LogP contribution in [0.25, 0.3) is 0 Å². The topological polar surface area (TPSA) is 116 Å². The zero-order valence-electron chi connectivity index (χ0n) is 25.0. The van der Waals surface area contributed by atoms with Crippen LogP contribution in [0.4, 0.5) is 0 Å². The van der Waals surface area contributed by atoms with Gasteiger partial charge in [-0.3, -0.25) is 0 Å². The van der Waals surface area contributed by atoms with Gasteiger partial charge in [0.2, 0.25) is 0 Å². The molecule has 0 aliphatic rings. The van der Waals surface area contributed by atoms with Crippen LogP contribution in [0.15, 0.2) is 36.4 Å². The van der Waals surface area contributed by atoms with E-state index in [2.05, 4.69) is 0 Å². The van der Waals surface area contributed by atoms with Crippen LogP contribution in [-0.4, -0.2) is 58.0 Å². The fourth-order valence-electron chi connectivity index (χ4n) is 5.58. The van der Waals surface area contributed by atoms with Crippen molar-refractivity contribution in [2.75, 3.05) is 42.7 Å². The molecule has 3 N–H and O–H groups in total. The van der Waals surface area contributed by atoms with E-state index >= 15 is 0 Å². The van der Waals surface area contributed by atoms with Crippen LogP contribution < -0.4 is 0 Å². The van der Waals surface area contributed by atoms with E-state index in [4.69, 9.17) is 28.4 Å². The van der Waals surface area contributed by atoms with E-state index in [-0.39, 0.29) is 56.9 Å². The van der Waals surface area contributed by atoms with Crippen molar-refractivity contribution < 1.29 is 43.7 Å². The molecule has 0 aliphatic heterocycles. The summed E-state index contributed by atoms with van der Waals surface area (Å²) in [5.74, 6) is 0.165. The zero-order valence-corrected chi connectivity index (χ0v) is 25.0. The second kappa shape index (κ2) is 14.6. The molecule has 0 atom stereocenters. The average molecular weight is 571 g/mol. The van der Waals surface area contributed by atoms with Crippen molar-refractivity contribution in [3.63, 3.8) is 0 Å². The molecule has 9 heteroatoms. The molecule has 3 rings (SSSR count). The third-order valence-corrected chi connectivity index (χ3v) is 7.48. The van der Waals surface area contributed by atoms with Gasteiger partial charge >= 0.3 is 0 Å². The summed E-state index contributed by atoms with van der Waals surface area (Å²) in [4.78, 5) is 0. The Hall–Kier alpha value is -3.18. The van der Waals surface area contributed by atoms with E-state index in [1.54, 1.807) is 42.7 Å². The van der Waals surface area contributed by atoms with Crippen molar-refractivity contribution in [3.8, 4) is 17.2 Å².